The molecule has 5 N–H and O–H groups in total. The number of carbonyl (C=O) groups excluding carboxylic acids is 1. The second-order valence-electron chi connectivity index (χ2n) is 5.47. The van der Waals surface area contributed by atoms with Crippen LogP contribution in [0.25, 0.3) is 10.9 Å². The number of aliphatic hydroxyl groups is 1. The summed E-state index contributed by atoms with van der Waals surface area (Å²) in [6.07, 6.45) is 2.79. The third-order valence-corrected chi connectivity index (χ3v) is 4.16. The van der Waals surface area contributed by atoms with Crippen molar-refractivity contribution in [3.63, 3.8) is 0 Å². The molecule has 1 amide bonds. The molecule has 1 aliphatic heterocycles. The van der Waals surface area contributed by atoms with E-state index in [1.165, 1.54) is 5.56 Å². The molecule has 20 heavy (non-hydrogen) atoms. The van der Waals surface area contributed by atoms with Crippen LogP contribution in [0.2, 0.25) is 0 Å². The van der Waals surface area contributed by atoms with Crippen LogP contribution in [-0.2, 0) is 0 Å². The number of nitrogens with two attached hydrogens (primary N) is 1. The molecule has 106 valence electrons. The molecule has 2 aromatic rings. The number of primary amides is 1. The summed E-state index contributed by atoms with van der Waals surface area (Å²) in [6, 6.07) is 5.76. The maximum atomic E-state index is 11.5. The first kappa shape index (κ1) is 13.1. The second kappa shape index (κ2) is 5.26. The SMILES string of the molecule is NC(=O)c1ccc(C2CNCC(CO)C2)c2cc[nH]c12. The Bertz CT molecular complexity index is 635. The van der Waals surface area contributed by atoms with Gasteiger partial charge in [0, 0.05) is 31.3 Å². The summed E-state index contributed by atoms with van der Waals surface area (Å²) in [7, 11) is 0. The maximum Gasteiger partial charge on any atom is 0.250 e. The Morgan fingerprint density at radius 1 is 1.35 bits per heavy atom. The second-order valence-corrected chi connectivity index (χ2v) is 5.47. The molecular formula is C15H19N3O2. The molecule has 1 aromatic heterocycles. The molecule has 0 aliphatic carbocycles. The van der Waals surface area contributed by atoms with Gasteiger partial charge in [0.15, 0.2) is 0 Å². The van der Waals surface area contributed by atoms with Gasteiger partial charge < -0.3 is 21.1 Å². The van der Waals surface area contributed by atoms with Gasteiger partial charge in [-0.25, -0.2) is 0 Å². The Kier molecular flexibility index (Phi) is 3.46. The lowest BCUT2D eigenvalue weighted by Crippen LogP contribution is -2.36. The van der Waals surface area contributed by atoms with Crippen molar-refractivity contribution >= 4 is 16.8 Å². The number of amides is 1. The van der Waals surface area contributed by atoms with E-state index in [0.717, 1.165) is 30.4 Å². The average Bonchev–Trinajstić information content (AvgIpc) is 2.95. The zero-order valence-electron chi connectivity index (χ0n) is 11.2. The molecule has 0 bridgehead atoms. The number of aromatic amines is 1. The quantitative estimate of drug-likeness (QED) is 0.671. The number of fused-ring (bicyclic) bond motifs is 1. The van der Waals surface area contributed by atoms with Crippen LogP contribution in [0, 0.1) is 5.92 Å². The molecular weight excluding hydrogens is 254 g/mol. The van der Waals surface area contributed by atoms with Crippen molar-refractivity contribution in [1.29, 1.82) is 0 Å². The fourth-order valence-electron chi connectivity index (χ4n) is 3.15. The van der Waals surface area contributed by atoms with E-state index in [0.29, 0.717) is 17.4 Å². The number of benzene rings is 1. The molecule has 2 unspecified atom stereocenters. The van der Waals surface area contributed by atoms with Gasteiger partial charge in [0.05, 0.1) is 11.1 Å². The highest BCUT2D eigenvalue weighted by Gasteiger charge is 2.24. The predicted molar refractivity (Wildman–Crippen MR) is 77.6 cm³/mol. The Hall–Kier alpha value is -1.85. The summed E-state index contributed by atoms with van der Waals surface area (Å²) in [5.41, 5.74) is 7.94. The smallest absolute Gasteiger partial charge is 0.250 e. The minimum atomic E-state index is -0.418. The highest BCUT2D eigenvalue weighted by molar-refractivity contribution is 6.05. The molecule has 3 rings (SSSR count). The topological polar surface area (TPSA) is 91.1 Å². The minimum absolute atomic E-state index is 0.207. The van der Waals surface area contributed by atoms with Crippen LogP contribution >= 0.6 is 0 Å². The van der Waals surface area contributed by atoms with Crippen LogP contribution in [0.1, 0.15) is 28.3 Å². The predicted octanol–water partition coefficient (Wildman–Crippen LogP) is 0.952. The first-order valence-electron chi connectivity index (χ1n) is 6.92. The summed E-state index contributed by atoms with van der Waals surface area (Å²) in [6.45, 7) is 1.97. The van der Waals surface area contributed by atoms with Crippen molar-refractivity contribution in [3.8, 4) is 0 Å². The van der Waals surface area contributed by atoms with E-state index in [-0.39, 0.29) is 6.61 Å². The van der Waals surface area contributed by atoms with Gasteiger partial charge in [-0.2, -0.15) is 0 Å². The summed E-state index contributed by atoms with van der Waals surface area (Å²) in [4.78, 5) is 14.6. The molecule has 1 aliphatic rings. The molecule has 5 heteroatoms. The molecule has 1 aromatic carbocycles. The Morgan fingerprint density at radius 2 is 2.20 bits per heavy atom. The molecule has 0 radical (unpaired) electrons. The van der Waals surface area contributed by atoms with E-state index in [2.05, 4.69) is 10.3 Å². The van der Waals surface area contributed by atoms with Crippen molar-refractivity contribution in [2.24, 2.45) is 11.7 Å². The van der Waals surface area contributed by atoms with Crippen molar-refractivity contribution in [2.75, 3.05) is 19.7 Å². The Labute approximate surface area is 117 Å². The highest BCUT2D eigenvalue weighted by atomic mass is 16.3. The lowest BCUT2D eigenvalue weighted by atomic mass is 9.84. The monoisotopic (exact) mass is 273 g/mol. The van der Waals surface area contributed by atoms with Crippen LogP contribution in [0.15, 0.2) is 24.4 Å². The van der Waals surface area contributed by atoms with Gasteiger partial charge in [-0.05, 0) is 36.0 Å². The van der Waals surface area contributed by atoms with Crippen LogP contribution in [0.3, 0.4) is 0 Å². The molecule has 1 saturated heterocycles. The van der Waals surface area contributed by atoms with E-state index in [1.807, 2.05) is 18.3 Å². The lowest BCUT2D eigenvalue weighted by Gasteiger charge is -2.29. The number of aliphatic hydroxyl groups excluding tert-OH is 1. The van der Waals surface area contributed by atoms with E-state index in [9.17, 15) is 9.90 Å². The third-order valence-electron chi connectivity index (χ3n) is 4.16. The van der Waals surface area contributed by atoms with Gasteiger partial charge in [-0.15, -0.1) is 0 Å². The van der Waals surface area contributed by atoms with Crippen molar-refractivity contribution in [3.05, 3.63) is 35.5 Å². The number of rotatable bonds is 3. The molecule has 5 nitrogen and oxygen atoms in total. The van der Waals surface area contributed by atoms with Gasteiger partial charge in [-0.3, -0.25) is 4.79 Å². The van der Waals surface area contributed by atoms with E-state index in [1.54, 1.807) is 6.07 Å². The third kappa shape index (κ3) is 2.19. The van der Waals surface area contributed by atoms with Crippen molar-refractivity contribution in [1.82, 2.24) is 10.3 Å². The minimum Gasteiger partial charge on any atom is -0.396 e. The molecule has 2 heterocycles. The summed E-state index contributed by atoms with van der Waals surface area (Å²) < 4.78 is 0. The number of H-pyrrole nitrogens is 1. The van der Waals surface area contributed by atoms with Crippen LogP contribution in [-0.4, -0.2) is 35.7 Å². The molecule has 2 atom stereocenters. The standard InChI is InChI=1S/C15H19N3O2/c16-15(20)13-2-1-11(12-3-4-18-14(12)13)10-5-9(8-19)6-17-7-10/h1-4,9-10,17-19H,5-8H2,(H2,16,20). The van der Waals surface area contributed by atoms with Gasteiger partial charge in [-0.1, -0.05) is 6.07 Å². The van der Waals surface area contributed by atoms with Crippen molar-refractivity contribution < 1.29 is 9.90 Å². The molecule has 0 spiro atoms. The normalized spacial score (nSPS) is 23.1. The fraction of sp³-hybridized carbons (Fsp3) is 0.400. The van der Waals surface area contributed by atoms with E-state index < -0.39 is 5.91 Å². The largest absolute Gasteiger partial charge is 0.396 e. The molecule has 1 fully saturated rings. The number of aromatic nitrogens is 1. The lowest BCUT2D eigenvalue weighted by molar-refractivity contribution is 0.100. The number of hydrogen-bond acceptors (Lipinski definition) is 3. The highest BCUT2D eigenvalue weighted by Crippen LogP contribution is 2.32. The Balaban J connectivity index is 2.02. The van der Waals surface area contributed by atoms with Gasteiger partial charge in [0.25, 0.3) is 5.91 Å². The first-order valence-corrected chi connectivity index (χ1v) is 6.92. The summed E-state index contributed by atoms with van der Waals surface area (Å²) >= 11 is 0. The van der Waals surface area contributed by atoms with Crippen molar-refractivity contribution in [2.45, 2.75) is 12.3 Å². The number of hydrogen-bond donors (Lipinski definition) is 4. The zero-order chi connectivity index (χ0) is 14.1. The summed E-state index contributed by atoms with van der Waals surface area (Å²) in [5.74, 6) is 0.221. The zero-order valence-corrected chi connectivity index (χ0v) is 11.2. The summed E-state index contributed by atoms with van der Waals surface area (Å²) in [5, 5.41) is 13.8. The fourth-order valence-corrected chi connectivity index (χ4v) is 3.15. The number of nitrogens with one attached hydrogen (secondary N) is 2. The first-order chi connectivity index (χ1) is 9.70. The van der Waals surface area contributed by atoms with E-state index in [4.69, 9.17) is 5.73 Å². The average molecular weight is 273 g/mol. The van der Waals surface area contributed by atoms with Gasteiger partial charge in [0.1, 0.15) is 0 Å². The van der Waals surface area contributed by atoms with E-state index >= 15 is 0 Å². The Morgan fingerprint density at radius 3 is 2.95 bits per heavy atom. The van der Waals surface area contributed by atoms with Gasteiger partial charge in [0.2, 0.25) is 0 Å². The number of piperidine rings is 1. The number of carbonyl (C=O) groups is 1. The van der Waals surface area contributed by atoms with Crippen LogP contribution in [0.5, 0.6) is 0 Å². The molecule has 0 saturated carbocycles. The van der Waals surface area contributed by atoms with Crippen LogP contribution in [0.4, 0.5) is 0 Å². The van der Waals surface area contributed by atoms with Crippen LogP contribution < -0.4 is 11.1 Å². The van der Waals surface area contributed by atoms with Gasteiger partial charge >= 0.3 is 0 Å². The maximum absolute atomic E-state index is 11.5.